The van der Waals surface area contributed by atoms with Gasteiger partial charge in [-0.25, -0.2) is 0 Å². The minimum absolute atomic E-state index is 0.114. The Bertz CT molecular complexity index is 425. The molecule has 2 rings (SSSR count). The number of rotatable bonds is 6. The van der Waals surface area contributed by atoms with E-state index in [4.69, 9.17) is 4.74 Å². The molecule has 1 fully saturated rings. The highest BCUT2D eigenvalue weighted by molar-refractivity contribution is 5.77. The molecule has 0 radical (unpaired) electrons. The topological polar surface area (TPSA) is 41.6 Å². The Morgan fingerprint density at radius 3 is 2.80 bits per heavy atom. The van der Waals surface area contributed by atoms with Gasteiger partial charge < -0.3 is 15.0 Å². The van der Waals surface area contributed by atoms with Crippen molar-refractivity contribution >= 4 is 5.91 Å². The Labute approximate surface area is 121 Å². The van der Waals surface area contributed by atoms with E-state index in [1.54, 1.807) is 4.90 Å². The summed E-state index contributed by atoms with van der Waals surface area (Å²) in [4.78, 5) is 13.8. The maximum absolute atomic E-state index is 12.0. The van der Waals surface area contributed by atoms with Crippen LogP contribution < -0.4 is 5.32 Å². The smallest absolute Gasteiger partial charge is 0.236 e. The second-order valence-electron chi connectivity index (χ2n) is 5.50. The van der Waals surface area contributed by atoms with Gasteiger partial charge in [0.25, 0.3) is 0 Å². The number of nitrogens with zero attached hydrogens (tertiary/aromatic N) is 1. The maximum Gasteiger partial charge on any atom is 0.236 e. The van der Waals surface area contributed by atoms with Crippen molar-refractivity contribution in [2.75, 3.05) is 26.7 Å². The molecule has 1 aromatic carbocycles. The van der Waals surface area contributed by atoms with Crippen molar-refractivity contribution in [1.82, 2.24) is 10.2 Å². The quantitative estimate of drug-likeness (QED) is 0.860. The molecule has 1 saturated heterocycles. The fraction of sp³-hybridized carbons (Fsp3) is 0.562. The Morgan fingerprint density at radius 2 is 2.15 bits per heavy atom. The summed E-state index contributed by atoms with van der Waals surface area (Å²) < 4.78 is 5.51. The van der Waals surface area contributed by atoms with Gasteiger partial charge in [0.2, 0.25) is 5.91 Å². The molecule has 1 aliphatic rings. The normalized spacial score (nSPS) is 18.2. The molecule has 0 aliphatic carbocycles. The first-order chi connectivity index (χ1) is 9.65. The molecule has 1 amide bonds. The number of benzene rings is 1. The highest BCUT2D eigenvalue weighted by atomic mass is 16.5. The Kier molecular flexibility index (Phi) is 5.56. The van der Waals surface area contributed by atoms with Gasteiger partial charge in [0.15, 0.2) is 0 Å². The summed E-state index contributed by atoms with van der Waals surface area (Å²) in [5.74, 6) is 0.114. The molecule has 0 spiro atoms. The lowest BCUT2D eigenvalue weighted by atomic mass is 10.1. The molecule has 110 valence electrons. The molecular weight excluding hydrogens is 252 g/mol. The fourth-order valence-electron chi connectivity index (χ4n) is 2.34. The zero-order valence-corrected chi connectivity index (χ0v) is 12.4. The molecule has 0 aromatic heterocycles. The maximum atomic E-state index is 12.0. The second-order valence-corrected chi connectivity index (χ2v) is 5.50. The molecule has 1 aliphatic heterocycles. The van der Waals surface area contributed by atoms with Crippen LogP contribution in [-0.4, -0.2) is 43.7 Å². The number of carbonyl (C=O) groups excluding carboxylic acids is 1. The first kappa shape index (κ1) is 15.0. The van der Waals surface area contributed by atoms with E-state index in [9.17, 15) is 4.79 Å². The molecule has 0 bridgehead atoms. The fourth-order valence-corrected chi connectivity index (χ4v) is 2.34. The summed E-state index contributed by atoms with van der Waals surface area (Å²) in [5.41, 5.74) is 2.39. The van der Waals surface area contributed by atoms with Crippen LogP contribution in [0.1, 0.15) is 24.0 Å². The molecule has 1 unspecified atom stereocenters. The van der Waals surface area contributed by atoms with Gasteiger partial charge in [0, 0.05) is 26.7 Å². The van der Waals surface area contributed by atoms with E-state index in [0.29, 0.717) is 13.1 Å². The van der Waals surface area contributed by atoms with E-state index < -0.39 is 0 Å². The van der Waals surface area contributed by atoms with Gasteiger partial charge in [-0.15, -0.1) is 0 Å². The van der Waals surface area contributed by atoms with Crippen LogP contribution >= 0.6 is 0 Å². The van der Waals surface area contributed by atoms with E-state index in [-0.39, 0.29) is 12.0 Å². The standard InChI is InChI=1S/C16H24N2O2/c1-13-5-7-14(8-6-13)12-18(2)16(19)11-17-10-15-4-3-9-20-15/h5-8,15,17H,3-4,9-12H2,1-2H3. The van der Waals surface area contributed by atoms with Gasteiger partial charge in [-0.05, 0) is 25.3 Å². The second kappa shape index (κ2) is 7.41. The van der Waals surface area contributed by atoms with Crippen molar-refractivity contribution in [3.8, 4) is 0 Å². The van der Waals surface area contributed by atoms with Crippen molar-refractivity contribution in [1.29, 1.82) is 0 Å². The molecule has 0 saturated carbocycles. The summed E-state index contributed by atoms with van der Waals surface area (Å²) in [6, 6.07) is 8.28. The number of carbonyl (C=O) groups is 1. The van der Waals surface area contributed by atoms with Crippen LogP contribution in [0.25, 0.3) is 0 Å². The van der Waals surface area contributed by atoms with Gasteiger partial charge in [-0.1, -0.05) is 29.8 Å². The lowest BCUT2D eigenvalue weighted by molar-refractivity contribution is -0.129. The van der Waals surface area contributed by atoms with E-state index in [0.717, 1.165) is 31.6 Å². The SMILES string of the molecule is Cc1ccc(CN(C)C(=O)CNCC2CCCO2)cc1. The van der Waals surface area contributed by atoms with Crippen LogP contribution in [0.5, 0.6) is 0 Å². The van der Waals surface area contributed by atoms with E-state index >= 15 is 0 Å². The summed E-state index contributed by atoms with van der Waals surface area (Å²) in [6.45, 7) is 4.72. The molecule has 1 N–H and O–H groups in total. The highest BCUT2D eigenvalue weighted by Crippen LogP contribution is 2.10. The third-order valence-electron chi connectivity index (χ3n) is 3.64. The van der Waals surface area contributed by atoms with E-state index in [2.05, 4.69) is 36.5 Å². The van der Waals surface area contributed by atoms with Crippen LogP contribution in [0.4, 0.5) is 0 Å². The van der Waals surface area contributed by atoms with Gasteiger partial charge in [0.1, 0.15) is 0 Å². The van der Waals surface area contributed by atoms with Crippen molar-refractivity contribution in [2.45, 2.75) is 32.4 Å². The Morgan fingerprint density at radius 1 is 1.40 bits per heavy atom. The summed E-state index contributed by atoms with van der Waals surface area (Å²) >= 11 is 0. The number of hydrogen-bond acceptors (Lipinski definition) is 3. The molecule has 1 atom stereocenters. The van der Waals surface area contributed by atoms with Crippen molar-refractivity contribution < 1.29 is 9.53 Å². The van der Waals surface area contributed by atoms with Gasteiger partial charge in [0.05, 0.1) is 12.6 Å². The predicted molar refractivity (Wildman–Crippen MR) is 79.5 cm³/mol. The van der Waals surface area contributed by atoms with Crippen LogP contribution in [-0.2, 0) is 16.1 Å². The summed E-state index contributed by atoms with van der Waals surface area (Å²) in [5, 5.41) is 3.19. The third kappa shape index (κ3) is 4.62. The Balaban J connectivity index is 1.69. The molecular formula is C16H24N2O2. The lowest BCUT2D eigenvalue weighted by Crippen LogP contribution is -2.38. The average Bonchev–Trinajstić information content (AvgIpc) is 2.94. The number of ether oxygens (including phenoxy) is 1. The number of likely N-dealkylation sites (N-methyl/N-ethyl adjacent to an activating group) is 1. The Hall–Kier alpha value is -1.39. The first-order valence-electron chi connectivity index (χ1n) is 7.27. The van der Waals surface area contributed by atoms with Crippen LogP contribution in [0.3, 0.4) is 0 Å². The highest BCUT2D eigenvalue weighted by Gasteiger charge is 2.16. The molecule has 1 heterocycles. The monoisotopic (exact) mass is 276 g/mol. The number of amides is 1. The van der Waals surface area contributed by atoms with E-state index in [1.807, 2.05) is 7.05 Å². The minimum atomic E-state index is 0.114. The predicted octanol–water partition coefficient (Wildman–Crippen LogP) is 1.72. The van der Waals surface area contributed by atoms with Crippen LogP contribution in [0.15, 0.2) is 24.3 Å². The van der Waals surface area contributed by atoms with Crippen LogP contribution in [0, 0.1) is 6.92 Å². The zero-order valence-electron chi connectivity index (χ0n) is 12.4. The zero-order chi connectivity index (χ0) is 14.4. The first-order valence-corrected chi connectivity index (χ1v) is 7.27. The molecule has 1 aromatic rings. The number of hydrogen-bond donors (Lipinski definition) is 1. The van der Waals surface area contributed by atoms with Gasteiger partial charge in [-0.3, -0.25) is 4.79 Å². The largest absolute Gasteiger partial charge is 0.377 e. The summed E-state index contributed by atoms with van der Waals surface area (Å²) in [7, 11) is 1.84. The summed E-state index contributed by atoms with van der Waals surface area (Å²) in [6.07, 6.45) is 2.51. The van der Waals surface area contributed by atoms with Crippen molar-refractivity contribution in [2.24, 2.45) is 0 Å². The lowest BCUT2D eigenvalue weighted by Gasteiger charge is -2.18. The van der Waals surface area contributed by atoms with Crippen molar-refractivity contribution in [3.63, 3.8) is 0 Å². The van der Waals surface area contributed by atoms with Gasteiger partial charge >= 0.3 is 0 Å². The average molecular weight is 276 g/mol. The van der Waals surface area contributed by atoms with Gasteiger partial charge in [-0.2, -0.15) is 0 Å². The van der Waals surface area contributed by atoms with Crippen LogP contribution in [0.2, 0.25) is 0 Å². The molecule has 20 heavy (non-hydrogen) atoms. The minimum Gasteiger partial charge on any atom is -0.377 e. The van der Waals surface area contributed by atoms with E-state index in [1.165, 1.54) is 5.56 Å². The number of nitrogens with one attached hydrogen (secondary N) is 1. The van der Waals surface area contributed by atoms with Crippen molar-refractivity contribution in [3.05, 3.63) is 35.4 Å². The molecule has 4 heteroatoms. The number of aryl methyl sites for hydroxylation is 1. The molecule has 4 nitrogen and oxygen atoms in total. The third-order valence-corrected chi connectivity index (χ3v) is 3.64.